The largest absolute Gasteiger partial charge is 0.381 e. The van der Waals surface area contributed by atoms with Gasteiger partial charge in [-0.15, -0.1) is 0 Å². The van der Waals surface area contributed by atoms with Gasteiger partial charge in [0.15, 0.2) is 0 Å². The third-order valence-electron chi connectivity index (χ3n) is 5.01. The first-order valence-electron chi connectivity index (χ1n) is 7.85. The minimum Gasteiger partial charge on any atom is -0.381 e. The number of ether oxygens (including phenoxy) is 2. The van der Waals surface area contributed by atoms with Crippen LogP contribution < -0.4 is 5.32 Å². The van der Waals surface area contributed by atoms with Gasteiger partial charge in [-0.1, -0.05) is 15.9 Å². The van der Waals surface area contributed by atoms with Crippen LogP contribution in [0.15, 0.2) is 22.7 Å². The van der Waals surface area contributed by atoms with Crippen molar-refractivity contribution in [1.82, 2.24) is 0 Å². The predicted molar refractivity (Wildman–Crippen MR) is 88.8 cm³/mol. The predicted octanol–water partition coefficient (Wildman–Crippen LogP) is 3.71. The van der Waals surface area contributed by atoms with Crippen LogP contribution in [0.25, 0.3) is 0 Å². The third-order valence-corrected chi connectivity index (χ3v) is 5.50. The molecule has 3 rings (SSSR count). The van der Waals surface area contributed by atoms with E-state index < -0.39 is 0 Å². The van der Waals surface area contributed by atoms with E-state index in [9.17, 15) is 5.26 Å². The molecule has 22 heavy (non-hydrogen) atoms. The molecule has 2 unspecified atom stereocenters. The molecule has 0 radical (unpaired) electrons. The Balaban J connectivity index is 1.79. The van der Waals surface area contributed by atoms with Gasteiger partial charge in [0.2, 0.25) is 0 Å². The molecule has 0 aromatic heterocycles. The molecule has 1 saturated heterocycles. The normalized spacial score (nSPS) is 26.2. The number of rotatable bonds is 4. The third kappa shape index (κ3) is 2.76. The van der Waals surface area contributed by atoms with Crippen molar-refractivity contribution in [2.24, 2.45) is 5.41 Å². The second-order valence-electron chi connectivity index (χ2n) is 6.02. The fraction of sp³-hybridized carbons (Fsp3) is 0.588. The lowest BCUT2D eigenvalue weighted by Gasteiger charge is -2.57. The van der Waals surface area contributed by atoms with Crippen LogP contribution in [0.1, 0.15) is 31.7 Å². The van der Waals surface area contributed by atoms with Gasteiger partial charge in [-0.25, -0.2) is 0 Å². The zero-order valence-corrected chi connectivity index (χ0v) is 14.4. The first-order valence-corrected chi connectivity index (χ1v) is 8.64. The Hall–Kier alpha value is -1.09. The van der Waals surface area contributed by atoms with Crippen LogP contribution >= 0.6 is 15.9 Å². The number of hydrogen-bond donors (Lipinski definition) is 1. The van der Waals surface area contributed by atoms with Crippen molar-refractivity contribution in [3.05, 3.63) is 28.2 Å². The van der Waals surface area contributed by atoms with Gasteiger partial charge in [0, 0.05) is 35.8 Å². The van der Waals surface area contributed by atoms with Crippen LogP contribution in [-0.4, -0.2) is 32.0 Å². The molecule has 1 aromatic rings. The summed E-state index contributed by atoms with van der Waals surface area (Å²) in [5.41, 5.74) is 1.74. The molecule has 1 aromatic carbocycles. The summed E-state index contributed by atoms with van der Waals surface area (Å²) in [6.07, 6.45) is 3.34. The van der Waals surface area contributed by atoms with Gasteiger partial charge in [0.1, 0.15) is 6.07 Å². The summed E-state index contributed by atoms with van der Waals surface area (Å²) >= 11 is 3.42. The maximum absolute atomic E-state index is 9.33. The second kappa shape index (κ2) is 6.57. The summed E-state index contributed by atoms with van der Waals surface area (Å²) in [5, 5.41) is 12.9. The lowest BCUT2D eigenvalue weighted by molar-refractivity contribution is -0.159. The highest BCUT2D eigenvalue weighted by molar-refractivity contribution is 9.10. The number of nitriles is 1. The summed E-state index contributed by atoms with van der Waals surface area (Å²) in [5.74, 6) is 0. The van der Waals surface area contributed by atoms with Crippen molar-refractivity contribution < 1.29 is 9.47 Å². The number of nitrogens with one attached hydrogen (secondary N) is 1. The van der Waals surface area contributed by atoms with Crippen LogP contribution in [0, 0.1) is 16.7 Å². The van der Waals surface area contributed by atoms with Gasteiger partial charge in [0.25, 0.3) is 0 Å². The smallest absolute Gasteiger partial charge is 0.101 e. The molecule has 5 heteroatoms. The van der Waals surface area contributed by atoms with E-state index in [4.69, 9.17) is 9.47 Å². The topological polar surface area (TPSA) is 54.3 Å². The van der Waals surface area contributed by atoms with E-state index in [1.807, 2.05) is 18.2 Å². The highest BCUT2D eigenvalue weighted by Gasteiger charge is 2.56. The van der Waals surface area contributed by atoms with Gasteiger partial charge in [0.05, 0.1) is 17.4 Å². The first kappa shape index (κ1) is 15.8. The monoisotopic (exact) mass is 364 g/mol. The summed E-state index contributed by atoms with van der Waals surface area (Å²) in [4.78, 5) is 0. The van der Waals surface area contributed by atoms with E-state index in [0.717, 1.165) is 49.2 Å². The van der Waals surface area contributed by atoms with Crippen molar-refractivity contribution in [3.8, 4) is 6.07 Å². The Morgan fingerprint density at radius 1 is 1.45 bits per heavy atom. The molecule has 2 atom stereocenters. The Bertz CT molecular complexity index is 579. The second-order valence-corrected chi connectivity index (χ2v) is 6.94. The van der Waals surface area contributed by atoms with E-state index >= 15 is 0 Å². The molecule has 1 spiro atoms. The Morgan fingerprint density at radius 2 is 2.23 bits per heavy atom. The fourth-order valence-electron chi connectivity index (χ4n) is 3.73. The molecule has 1 aliphatic carbocycles. The number of nitrogens with zero attached hydrogens (tertiary/aromatic N) is 1. The standard InChI is InChI=1S/C17H21BrN2O2/c1-2-22-16-10-15(17(16)5-7-21-8-6-17)20-14-4-3-13(18)9-12(14)11-19/h3-4,9,15-16,20H,2,5-8,10H2,1H3. The van der Waals surface area contributed by atoms with Crippen molar-refractivity contribution in [2.45, 2.75) is 38.3 Å². The number of hydrogen-bond acceptors (Lipinski definition) is 4. The maximum Gasteiger partial charge on any atom is 0.101 e. The lowest BCUT2D eigenvalue weighted by Crippen LogP contribution is -2.63. The van der Waals surface area contributed by atoms with Crippen molar-refractivity contribution in [2.75, 3.05) is 25.1 Å². The molecule has 1 saturated carbocycles. The van der Waals surface area contributed by atoms with E-state index in [1.54, 1.807) is 0 Å². The van der Waals surface area contributed by atoms with Crippen LogP contribution in [0.2, 0.25) is 0 Å². The Kier molecular flexibility index (Phi) is 4.72. The first-order chi connectivity index (χ1) is 10.7. The van der Waals surface area contributed by atoms with Gasteiger partial charge < -0.3 is 14.8 Å². The Morgan fingerprint density at radius 3 is 2.91 bits per heavy atom. The summed E-state index contributed by atoms with van der Waals surface area (Å²) in [6.45, 7) is 4.40. The van der Waals surface area contributed by atoms with Gasteiger partial charge in [-0.2, -0.15) is 5.26 Å². The quantitative estimate of drug-likeness (QED) is 0.884. The van der Waals surface area contributed by atoms with Crippen LogP contribution in [0.3, 0.4) is 0 Å². The van der Waals surface area contributed by atoms with Crippen molar-refractivity contribution in [3.63, 3.8) is 0 Å². The summed E-state index contributed by atoms with van der Waals surface area (Å²) < 4.78 is 12.4. The SMILES string of the molecule is CCOC1CC(Nc2ccc(Br)cc2C#N)C12CCOCC2. The Labute approximate surface area is 139 Å². The number of anilines is 1. The van der Waals surface area contributed by atoms with Crippen molar-refractivity contribution in [1.29, 1.82) is 5.26 Å². The van der Waals surface area contributed by atoms with Crippen molar-refractivity contribution >= 4 is 21.6 Å². The molecule has 118 valence electrons. The molecule has 2 fully saturated rings. The summed E-state index contributed by atoms with van der Waals surface area (Å²) in [6, 6.07) is 8.42. The number of benzene rings is 1. The maximum atomic E-state index is 9.33. The average molecular weight is 365 g/mol. The molecule has 0 bridgehead atoms. The van der Waals surface area contributed by atoms with Gasteiger partial charge in [-0.05, 0) is 44.4 Å². The number of halogens is 1. The fourth-order valence-corrected chi connectivity index (χ4v) is 4.09. The minimum absolute atomic E-state index is 0.147. The molecule has 1 N–H and O–H groups in total. The molecular weight excluding hydrogens is 344 g/mol. The zero-order chi connectivity index (χ0) is 15.6. The van der Waals surface area contributed by atoms with Crippen LogP contribution in [-0.2, 0) is 9.47 Å². The summed E-state index contributed by atoms with van der Waals surface area (Å²) in [7, 11) is 0. The molecule has 0 amide bonds. The highest BCUT2D eigenvalue weighted by atomic mass is 79.9. The molecule has 2 aliphatic rings. The minimum atomic E-state index is 0.147. The average Bonchev–Trinajstić information content (AvgIpc) is 2.55. The van der Waals surface area contributed by atoms with E-state index in [-0.39, 0.29) is 5.41 Å². The lowest BCUT2D eigenvalue weighted by atomic mass is 9.57. The van der Waals surface area contributed by atoms with E-state index in [2.05, 4.69) is 34.2 Å². The van der Waals surface area contributed by atoms with E-state index in [0.29, 0.717) is 17.7 Å². The van der Waals surface area contributed by atoms with Crippen LogP contribution in [0.5, 0.6) is 0 Å². The molecule has 4 nitrogen and oxygen atoms in total. The van der Waals surface area contributed by atoms with Gasteiger partial charge >= 0.3 is 0 Å². The molecular formula is C17H21BrN2O2. The van der Waals surface area contributed by atoms with Gasteiger partial charge in [-0.3, -0.25) is 0 Å². The van der Waals surface area contributed by atoms with Crippen LogP contribution in [0.4, 0.5) is 5.69 Å². The highest BCUT2D eigenvalue weighted by Crippen LogP contribution is 2.51. The molecule has 1 aliphatic heterocycles. The molecule has 1 heterocycles. The zero-order valence-electron chi connectivity index (χ0n) is 12.8. The van der Waals surface area contributed by atoms with E-state index in [1.165, 1.54) is 0 Å².